The molecule has 1 aromatic carbocycles. The highest BCUT2D eigenvalue weighted by Gasteiger charge is 2.15. The Kier molecular flexibility index (Phi) is 3.75. The van der Waals surface area contributed by atoms with Crippen LogP contribution in [0.3, 0.4) is 0 Å². The molecule has 0 bridgehead atoms. The van der Waals surface area contributed by atoms with E-state index in [1.807, 2.05) is 23.6 Å². The van der Waals surface area contributed by atoms with Crippen molar-refractivity contribution in [2.45, 2.75) is 13.0 Å². The zero-order chi connectivity index (χ0) is 13.9. The smallest absolute Gasteiger partial charge is 0.307 e. The van der Waals surface area contributed by atoms with E-state index in [9.17, 15) is 4.79 Å². The van der Waals surface area contributed by atoms with Crippen LogP contribution in [0.5, 0.6) is 11.5 Å². The van der Waals surface area contributed by atoms with Gasteiger partial charge in [0.2, 0.25) is 0 Å². The van der Waals surface area contributed by atoms with Gasteiger partial charge in [-0.1, -0.05) is 11.3 Å². The molecule has 0 saturated carbocycles. The van der Waals surface area contributed by atoms with Crippen LogP contribution in [0, 0.1) is 0 Å². The van der Waals surface area contributed by atoms with Crippen LogP contribution in [-0.4, -0.2) is 24.3 Å². The van der Waals surface area contributed by atoms with Gasteiger partial charge in [-0.2, -0.15) is 0 Å². The number of hydrogen-bond donors (Lipinski definition) is 1. The van der Waals surface area contributed by atoms with Crippen molar-refractivity contribution in [1.82, 2.24) is 4.57 Å². The Balaban J connectivity index is 1.98. The molecule has 6 heteroatoms. The number of hydrogen-bond acceptors (Lipinski definition) is 5. The molecule has 3 rings (SSSR count). The first-order chi connectivity index (χ1) is 9.79. The van der Waals surface area contributed by atoms with Crippen LogP contribution in [0.2, 0.25) is 0 Å². The van der Waals surface area contributed by atoms with Crippen LogP contribution in [0.25, 0.3) is 11.3 Å². The Morgan fingerprint density at radius 3 is 2.85 bits per heavy atom. The Morgan fingerprint density at radius 1 is 1.25 bits per heavy atom. The summed E-state index contributed by atoms with van der Waals surface area (Å²) >= 11 is 1.21. The summed E-state index contributed by atoms with van der Waals surface area (Å²) in [6, 6.07) is 5.77. The number of benzene rings is 1. The molecule has 0 fully saturated rings. The molecule has 0 saturated heterocycles. The van der Waals surface area contributed by atoms with Crippen molar-refractivity contribution in [3.05, 3.63) is 33.2 Å². The van der Waals surface area contributed by atoms with Gasteiger partial charge in [-0.15, -0.1) is 0 Å². The van der Waals surface area contributed by atoms with Gasteiger partial charge < -0.3 is 15.2 Å². The molecular formula is C14H16N2O3S. The summed E-state index contributed by atoms with van der Waals surface area (Å²) in [6.07, 6.45) is 0.786. The maximum atomic E-state index is 11.9. The lowest BCUT2D eigenvalue weighted by Gasteiger charge is -2.19. The summed E-state index contributed by atoms with van der Waals surface area (Å²) < 4.78 is 12.9. The summed E-state index contributed by atoms with van der Waals surface area (Å²) in [5.41, 5.74) is 7.40. The Bertz CT molecular complexity index is 663. The maximum absolute atomic E-state index is 11.9. The highest BCUT2D eigenvalue weighted by atomic mass is 32.1. The van der Waals surface area contributed by atoms with Crippen molar-refractivity contribution < 1.29 is 9.47 Å². The van der Waals surface area contributed by atoms with Crippen LogP contribution in [-0.2, 0) is 6.54 Å². The normalized spacial score (nSPS) is 13.4. The average molecular weight is 292 g/mol. The van der Waals surface area contributed by atoms with E-state index in [4.69, 9.17) is 15.2 Å². The predicted molar refractivity (Wildman–Crippen MR) is 78.7 cm³/mol. The molecule has 2 aromatic rings. The number of fused-ring (bicyclic) bond motifs is 1. The van der Waals surface area contributed by atoms with Crippen LogP contribution in [0.4, 0.5) is 0 Å². The second kappa shape index (κ2) is 5.68. The first-order valence-electron chi connectivity index (χ1n) is 6.58. The van der Waals surface area contributed by atoms with Crippen molar-refractivity contribution in [3.63, 3.8) is 0 Å². The zero-order valence-electron chi connectivity index (χ0n) is 11.0. The van der Waals surface area contributed by atoms with Crippen LogP contribution < -0.4 is 20.1 Å². The lowest BCUT2D eigenvalue weighted by Crippen LogP contribution is -2.17. The first-order valence-corrected chi connectivity index (χ1v) is 7.46. The van der Waals surface area contributed by atoms with Crippen molar-refractivity contribution in [2.24, 2.45) is 5.73 Å². The van der Waals surface area contributed by atoms with E-state index in [-0.39, 0.29) is 4.87 Å². The van der Waals surface area contributed by atoms with Crippen LogP contribution in [0.1, 0.15) is 6.42 Å². The topological polar surface area (TPSA) is 66.5 Å². The van der Waals surface area contributed by atoms with Gasteiger partial charge in [0.25, 0.3) is 0 Å². The molecule has 0 spiro atoms. The third-order valence-electron chi connectivity index (χ3n) is 3.21. The number of nitrogens with zero attached hydrogens (tertiary/aromatic N) is 1. The molecule has 5 nitrogen and oxygen atoms in total. The van der Waals surface area contributed by atoms with Gasteiger partial charge in [0, 0.05) is 17.5 Å². The summed E-state index contributed by atoms with van der Waals surface area (Å²) in [7, 11) is 0. The van der Waals surface area contributed by atoms with Gasteiger partial charge in [0.1, 0.15) is 13.2 Å². The molecule has 106 valence electrons. The summed E-state index contributed by atoms with van der Waals surface area (Å²) in [5.74, 6) is 1.49. The summed E-state index contributed by atoms with van der Waals surface area (Å²) in [6.45, 7) is 2.34. The van der Waals surface area contributed by atoms with Crippen LogP contribution in [0.15, 0.2) is 28.4 Å². The molecule has 0 unspecified atom stereocenters. The number of rotatable bonds is 4. The molecule has 0 aliphatic carbocycles. The molecule has 1 aromatic heterocycles. The van der Waals surface area contributed by atoms with E-state index >= 15 is 0 Å². The van der Waals surface area contributed by atoms with Crippen molar-refractivity contribution in [1.29, 1.82) is 0 Å². The molecule has 2 N–H and O–H groups in total. The second-order valence-corrected chi connectivity index (χ2v) is 5.36. The minimum absolute atomic E-state index is 0.0448. The highest BCUT2D eigenvalue weighted by Crippen LogP contribution is 2.34. The Hall–Kier alpha value is -1.79. The second-order valence-electron chi connectivity index (χ2n) is 4.54. The molecular weight excluding hydrogens is 276 g/mol. The Morgan fingerprint density at radius 2 is 2.05 bits per heavy atom. The van der Waals surface area contributed by atoms with Gasteiger partial charge in [-0.3, -0.25) is 9.36 Å². The molecule has 1 aliphatic rings. The van der Waals surface area contributed by atoms with E-state index in [0.717, 1.165) is 29.2 Å². The summed E-state index contributed by atoms with van der Waals surface area (Å²) in [5, 5.41) is 1.88. The molecule has 0 radical (unpaired) electrons. The van der Waals surface area contributed by atoms with Crippen LogP contribution >= 0.6 is 11.3 Å². The minimum atomic E-state index is 0.0448. The molecule has 2 heterocycles. The number of thiazole rings is 1. The summed E-state index contributed by atoms with van der Waals surface area (Å²) in [4.78, 5) is 11.9. The lowest BCUT2D eigenvalue weighted by atomic mass is 10.1. The third kappa shape index (κ3) is 2.44. The maximum Gasteiger partial charge on any atom is 0.307 e. The SMILES string of the molecule is NCCCn1c(-c2ccc3c(c2)OCCO3)csc1=O. The fourth-order valence-corrected chi connectivity index (χ4v) is 3.01. The van der Waals surface area contributed by atoms with E-state index in [1.54, 1.807) is 4.57 Å². The molecule has 0 atom stereocenters. The van der Waals surface area contributed by atoms with Gasteiger partial charge >= 0.3 is 4.87 Å². The van der Waals surface area contributed by atoms with E-state index in [2.05, 4.69) is 0 Å². The zero-order valence-corrected chi connectivity index (χ0v) is 11.8. The van der Waals surface area contributed by atoms with Gasteiger partial charge in [0.05, 0.1) is 5.69 Å². The monoisotopic (exact) mass is 292 g/mol. The predicted octanol–water partition coefficient (Wildman–Crippen LogP) is 1.70. The number of ether oxygens (including phenoxy) is 2. The Labute approximate surface area is 120 Å². The van der Waals surface area contributed by atoms with Gasteiger partial charge in [-0.25, -0.2) is 0 Å². The molecule has 1 aliphatic heterocycles. The average Bonchev–Trinajstić information content (AvgIpc) is 2.85. The minimum Gasteiger partial charge on any atom is -0.486 e. The molecule has 0 amide bonds. The van der Waals surface area contributed by atoms with E-state index in [0.29, 0.717) is 26.3 Å². The van der Waals surface area contributed by atoms with Crippen molar-refractivity contribution >= 4 is 11.3 Å². The van der Waals surface area contributed by atoms with Gasteiger partial charge in [0.15, 0.2) is 11.5 Å². The number of aromatic nitrogens is 1. The lowest BCUT2D eigenvalue weighted by molar-refractivity contribution is 0.171. The highest BCUT2D eigenvalue weighted by molar-refractivity contribution is 7.07. The fraction of sp³-hybridized carbons (Fsp3) is 0.357. The third-order valence-corrected chi connectivity index (χ3v) is 3.97. The quantitative estimate of drug-likeness (QED) is 0.931. The first kappa shape index (κ1) is 13.2. The van der Waals surface area contributed by atoms with Crippen molar-refractivity contribution in [2.75, 3.05) is 19.8 Å². The number of nitrogens with two attached hydrogens (primary N) is 1. The molecule has 20 heavy (non-hydrogen) atoms. The standard InChI is InChI=1S/C14H16N2O3S/c15-4-1-5-16-11(9-20-14(16)17)10-2-3-12-13(8-10)19-7-6-18-12/h2-3,8-9H,1,4-7,15H2. The van der Waals surface area contributed by atoms with Crippen molar-refractivity contribution in [3.8, 4) is 22.8 Å². The van der Waals surface area contributed by atoms with Gasteiger partial charge in [-0.05, 0) is 31.2 Å². The van der Waals surface area contributed by atoms with E-state index in [1.165, 1.54) is 11.3 Å². The van der Waals surface area contributed by atoms with E-state index < -0.39 is 0 Å². The fourth-order valence-electron chi connectivity index (χ4n) is 2.22. The largest absolute Gasteiger partial charge is 0.486 e.